The van der Waals surface area contributed by atoms with E-state index in [4.69, 9.17) is 30.5 Å². The Morgan fingerprint density at radius 1 is 0.825 bits per heavy atom. The van der Waals surface area contributed by atoms with Gasteiger partial charge in [-0.05, 0) is 74.2 Å². The maximum atomic E-state index is 13.3. The van der Waals surface area contributed by atoms with Crippen LogP contribution >= 0.6 is 27.5 Å². The zero-order chi connectivity index (χ0) is 28.6. The van der Waals surface area contributed by atoms with Gasteiger partial charge in [0.05, 0.1) is 18.8 Å². The first-order valence-electron chi connectivity index (χ1n) is 13.7. The number of fused-ring (bicyclic) bond motifs is 1. The highest BCUT2D eigenvalue weighted by Crippen LogP contribution is 2.53. The highest BCUT2D eigenvalue weighted by atomic mass is 79.9. The number of hydrogen-bond donors (Lipinski definition) is 0. The summed E-state index contributed by atoms with van der Waals surface area (Å²) < 4.78 is 25.9. The lowest BCUT2D eigenvalue weighted by atomic mass is 9.97. The number of aryl methyl sites for hydroxylation is 1. The quantitative estimate of drug-likeness (QED) is 0.116. The van der Waals surface area contributed by atoms with Gasteiger partial charge in [0.1, 0.15) is 6.10 Å². The molecule has 0 amide bonds. The molecule has 4 aromatic carbocycles. The molecule has 5 nitrogen and oxygen atoms in total. The molecule has 0 aliphatic rings. The molecule has 0 spiro atoms. The third-order valence-electron chi connectivity index (χ3n) is 6.47. The Balaban J connectivity index is 1.93. The smallest absolute Gasteiger partial charge is 0.343 e. The van der Waals surface area contributed by atoms with E-state index in [-0.39, 0.29) is 11.9 Å². The van der Waals surface area contributed by atoms with Crippen LogP contribution in [0.15, 0.2) is 71.2 Å². The average Bonchev–Trinajstić information content (AvgIpc) is 2.95. The van der Waals surface area contributed by atoms with Gasteiger partial charge in [0.2, 0.25) is 11.5 Å². The second-order valence-corrected chi connectivity index (χ2v) is 10.6. The minimum Gasteiger partial charge on any atom is -0.487 e. The van der Waals surface area contributed by atoms with Crippen LogP contribution in [0.5, 0.6) is 23.0 Å². The van der Waals surface area contributed by atoms with Crippen molar-refractivity contribution in [1.82, 2.24) is 0 Å². The van der Waals surface area contributed by atoms with E-state index in [1.807, 2.05) is 32.0 Å². The van der Waals surface area contributed by atoms with Gasteiger partial charge < -0.3 is 18.9 Å². The summed E-state index contributed by atoms with van der Waals surface area (Å²) >= 11 is 9.90. The molecule has 0 N–H and O–H groups in total. The first-order chi connectivity index (χ1) is 19.4. The third-order valence-corrected chi connectivity index (χ3v) is 7.20. The normalized spacial score (nSPS) is 11.8. The highest BCUT2D eigenvalue weighted by molar-refractivity contribution is 9.10. The lowest BCUT2D eigenvalue weighted by Gasteiger charge is -2.26. The molecular weight excluding hydrogens is 592 g/mol. The SMILES string of the molecule is CCCc1ccccc1C(CC)Oc1c(OCC)c(OCC)c(OC(=O)c2cccc(Br)c2)c2cc(Cl)ccc12. The molecular formula is C33H34BrClO5. The van der Waals surface area contributed by atoms with Gasteiger partial charge in [0, 0.05) is 20.3 Å². The van der Waals surface area contributed by atoms with Gasteiger partial charge in [-0.1, -0.05) is 78.1 Å². The van der Waals surface area contributed by atoms with Crippen LogP contribution in [0.2, 0.25) is 5.02 Å². The number of halogens is 2. The molecule has 0 aliphatic carbocycles. The lowest BCUT2D eigenvalue weighted by Crippen LogP contribution is -2.13. The van der Waals surface area contributed by atoms with Crippen LogP contribution in [0.4, 0.5) is 0 Å². The van der Waals surface area contributed by atoms with Gasteiger partial charge in [-0.15, -0.1) is 0 Å². The topological polar surface area (TPSA) is 54.0 Å². The number of carbonyl (C=O) groups is 1. The molecule has 0 fully saturated rings. The molecule has 0 bridgehead atoms. The van der Waals surface area contributed by atoms with Crippen molar-refractivity contribution in [3.05, 3.63) is 92.9 Å². The van der Waals surface area contributed by atoms with Gasteiger partial charge >= 0.3 is 5.97 Å². The fourth-order valence-corrected chi connectivity index (χ4v) is 5.32. The standard InChI is InChI=1S/C33H34BrClO5/c1-5-12-21-13-9-10-16-25(21)28(6-2)39-29-26-18-17-24(35)20-27(26)30(32(38-8-4)31(29)37-7-3)40-33(36)22-14-11-15-23(34)19-22/h9-11,13-20,28H,5-8,12H2,1-4H3. The van der Waals surface area contributed by atoms with E-state index in [0.29, 0.717) is 51.8 Å². The molecule has 1 atom stereocenters. The monoisotopic (exact) mass is 624 g/mol. The summed E-state index contributed by atoms with van der Waals surface area (Å²) in [5.41, 5.74) is 2.79. The molecule has 0 radical (unpaired) electrons. The maximum absolute atomic E-state index is 13.3. The summed E-state index contributed by atoms with van der Waals surface area (Å²) in [5.74, 6) is 0.924. The molecule has 0 saturated heterocycles. The van der Waals surface area contributed by atoms with E-state index in [1.165, 1.54) is 5.56 Å². The van der Waals surface area contributed by atoms with Crippen LogP contribution in [0.3, 0.4) is 0 Å². The molecule has 210 valence electrons. The van der Waals surface area contributed by atoms with Crippen LogP contribution in [-0.2, 0) is 6.42 Å². The summed E-state index contributed by atoms with van der Waals surface area (Å²) in [4.78, 5) is 13.3. The maximum Gasteiger partial charge on any atom is 0.343 e. The van der Waals surface area contributed by atoms with Crippen molar-refractivity contribution in [3.63, 3.8) is 0 Å². The van der Waals surface area contributed by atoms with Crippen molar-refractivity contribution in [3.8, 4) is 23.0 Å². The van der Waals surface area contributed by atoms with Crippen LogP contribution in [0.25, 0.3) is 10.8 Å². The number of rotatable bonds is 12. The Kier molecular flexibility index (Phi) is 10.3. The van der Waals surface area contributed by atoms with Gasteiger partial charge in [-0.2, -0.15) is 0 Å². The lowest BCUT2D eigenvalue weighted by molar-refractivity contribution is 0.0729. The van der Waals surface area contributed by atoms with Crippen molar-refractivity contribution < 1.29 is 23.7 Å². The summed E-state index contributed by atoms with van der Waals surface area (Å²) in [7, 11) is 0. The summed E-state index contributed by atoms with van der Waals surface area (Å²) in [5, 5.41) is 1.79. The van der Waals surface area contributed by atoms with E-state index >= 15 is 0 Å². The Bertz CT molecular complexity index is 1490. The fourth-order valence-electron chi connectivity index (χ4n) is 4.74. The molecule has 0 aromatic heterocycles. The van der Waals surface area contributed by atoms with Gasteiger partial charge in [-0.25, -0.2) is 4.79 Å². The van der Waals surface area contributed by atoms with E-state index in [2.05, 4.69) is 48.0 Å². The van der Waals surface area contributed by atoms with Crippen molar-refractivity contribution in [1.29, 1.82) is 0 Å². The molecule has 4 aromatic rings. The Hall–Kier alpha value is -3.22. The van der Waals surface area contributed by atoms with Crippen LogP contribution in [-0.4, -0.2) is 19.2 Å². The van der Waals surface area contributed by atoms with Crippen LogP contribution in [0, 0.1) is 0 Å². The first-order valence-corrected chi connectivity index (χ1v) is 14.9. The van der Waals surface area contributed by atoms with E-state index in [9.17, 15) is 4.79 Å². The Labute approximate surface area is 249 Å². The Morgan fingerprint density at radius 2 is 1.55 bits per heavy atom. The summed E-state index contributed by atoms with van der Waals surface area (Å²) in [6.45, 7) is 8.72. The van der Waals surface area contributed by atoms with Crippen LogP contribution < -0.4 is 18.9 Å². The first kappa shape index (κ1) is 29.8. The van der Waals surface area contributed by atoms with Crippen molar-refractivity contribution in [2.24, 2.45) is 0 Å². The van der Waals surface area contributed by atoms with Crippen LogP contribution in [0.1, 0.15) is 68.1 Å². The van der Waals surface area contributed by atoms with Gasteiger partial charge in [0.15, 0.2) is 11.5 Å². The van der Waals surface area contributed by atoms with E-state index in [1.54, 1.807) is 30.3 Å². The zero-order valence-electron chi connectivity index (χ0n) is 23.3. The third kappa shape index (κ3) is 6.56. The summed E-state index contributed by atoms with van der Waals surface area (Å²) in [6, 6.07) is 20.8. The molecule has 1 unspecified atom stereocenters. The van der Waals surface area contributed by atoms with Gasteiger partial charge in [-0.3, -0.25) is 0 Å². The second kappa shape index (κ2) is 13.9. The van der Waals surface area contributed by atoms with Crippen molar-refractivity contribution in [2.75, 3.05) is 13.2 Å². The minimum atomic E-state index is -0.528. The number of esters is 1. The minimum absolute atomic E-state index is 0.231. The number of carbonyl (C=O) groups excluding carboxylic acids is 1. The fraction of sp³-hybridized carbons (Fsp3) is 0.303. The largest absolute Gasteiger partial charge is 0.487 e. The molecule has 7 heteroatoms. The predicted molar refractivity (Wildman–Crippen MR) is 164 cm³/mol. The van der Waals surface area contributed by atoms with E-state index < -0.39 is 5.97 Å². The number of ether oxygens (including phenoxy) is 4. The van der Waals surface area contributed by atoms with Crippen molar-refractivity contribution >= 4 is 44.3 Å². The Morgan fingerprint density at radius 3 is 2.23 bits per heavy atom. The molecule has 0 saturated carbocycles. The molecule has 0 heterocycles. The molecule has 0 aliphatic heterocycles. The summed E-state index contributed by atoms with van der Waals surface area (Å²) in [6.07, 6.45) is 2.50. The predicted octanol–water partition coefficient (Wildman–Crippen LogP) is 9.75. The number of hydrogen-bond acceptors (Lipinski definition) is 5. The molecule has 40 heavy (non-hydrogen) atoms. The second-order valence-electron chi connectivity index (χ2n) is 9.24. The van der Waals surface area contributed by atoms with Gasteiger partial charge in [0.25, 0.3) is 0 Å². The number of benzene rings is 4. The highest BCUT2D eigenvalue weighted by Gasteiger charge is 2.29. The average molecular weight is 626 g/mol. The zero-order valence-corrected chi connectivity index (χ0v) is 25.6. The van der Waals surface area contributed by atoms with E-state index in [0.717, 1.165) is 29.3 Å². The van der Waals surface area contributed by atoms with Crippen molar-refractivity contribution in [2.45, 2.75) is 53.1 Å². The molecule has 4 rings (SSSR count).